The van der Waals surface area contributed by atoms with Crippen molar-refractivity contribution in [1.82, 2.24) is 9.38 Å². The quantitative estimate of drug-likeness (QED) is 0.340. The van der Waals surface area contributed by atoms with Crippen LogP contribution in [0.3, 0.4) is 0 Å². The van der Waals surface area contributed by atoms with Crippen LogP contribution in [-0.2, 0) is 0 Å². The fourth-order valence-electron chi connectivity index (χ4n) is 3.48. The molecule has 6 nitrogen and oxygen atoms in total. The number of ether oxygens (including phenoxy) is 2. The highest BCUT2D eigenvalue weighted by Gasteiger charge is 2.13. The topological polar surface area (TPSA) is 64.9 Å². The molecule has 0 bridgehead atoms. The van der Waals surface area contributed by atoms with Gasteiger partial charge in [0.1, 0.15) is 17.1 Å². The molecule has 164 valence electrons. The molecule has 0 aliphatic carbocycles. The second kappa shape index (κ2) is 10.0. The van der Waals surface area contributed by atoms with Crippen LogP contribution in [0.1, 0.15) is 36.5 Å². The van der Waals surface area contributed by atoms with Gasteiger partial charge in [0.15, 0.2) is 0 Å². The summed E-state index contributed by atoms with van der Waals surface area (Å²) in [5.41, 5.74) is 3.71. The molecule has 0 unspecified atom stereocenters. The lowest BCUT2D eigenvalue weighted by Gasteiger charge is -2.12. The van der Waals surface area contributed by atoms with Gasteiger partial charge in [-0.15, -0.1) is 0 Å². The zero-order valence-corrected chi connectivity index (χ0v) is 18.4. The Morgan fingerprint density at radius 2 is 1.91 bits per heavy atom. The summed E-state index contributed by atoms with van der Waals surface area (Å²) in [5, 5.41) is 2.96. The molecule has 0 saturated carbocycles. The summed E-state index contributed by atoms with van der Waals surface area (Å²) in [5.74, 6) is 1.14. The number of hydrogen-bond acceptors (Lipinski definition) is 4. The van der Waals surface area contributed by atoms with Gasteiger partial charge in [-0.05, 0) is 61.0 Å². The zero-order chi connectivity index (χ0) is 22.3. The van der Waals surface area contributed by atoms with Gasteiger partial charge in [-0.1, -0.05) is 25.8 Å². The minimum Gasteiger partial charge on any atom is -0.495 e. The maximum absolute atomic E-state index is 12.9. The van der Waals surface area contributed by atoms with Gasteiger partial charge in [-0.2, -0.15) is 0 Å². The van der Waals surface area contributed by atoms with E-state index in [1.54, 1.807) is 19.2 Å². The number of aromatic nitrogens is 2. The van der Waals surface area contributed by atoms with E-state index in [4.69, 9.17) is 9.47 Å². The summed E-state index contributed by atoms with van der Waals surface area (Å²) in [7, 11) is 1.58. The van der Waals surface area contributed by atoms with Crippen molar-refractivity contribution in [3.63, 3.8) is 0 Å². The van der Waals surface area contributed by atoms with Crippen molar-refractivity contribution >= 4 is 17.2 Å². The van der Waals surface area contributed by atoms with Crippen molar-refractivity contribution in [2.75, 3.05) is 19.0 Å². The van der Waals surface area contributed by atoms with Gasteiger partial charge in [-0.3, -0.25) is 4.79 Å². The number of anilines is 1. The summed E-state index contributed by atoms with van der Waals surface area (Å²) in [6.45, 7) is 2.85. The Kier molecular flexibility index (Phi) is 6.70. The third kappa shape index (κ3) is 4.91. The largest absolute Gasteiger partial charge is 0.495 e. The van der Waals surface area contributed by atoms with Crippen LogP contribution in [-0.4, -0.2) is 29.0 Å². The summed E-state index contributed by atoms with van der Waals surface area (Å²) < 4.78 is 13.1. The van der Waals surface area contributed by atoms with Gasteiger partial charge in [0.05, 0.1) is 25.1 Å². The lowest BCUT2D eigenvalue weighted by molar-refractivity contribution is 0.102. The Morgan fingerprint density at radius 1 is 1.06 bits per heavy atom. The van der Waals surface area contributed by atoms with E-state index in [0.29, 0.717) is 23.6 Å². The van der Waals surface area contributed by atoms with Gasteiger partial charge in [0.25, 0.3) is 5.91 Å². The molecule has 0 spiro atoms. The highest BCUT2D eigenvalue weighted by atomic mass is 16.5. The molecule has 0 aliphatic rings. The van der Waals surface area contributed by atoms with E-state index in [2.05, 4.69) is 17.2 Å². The number of fused-ring (bicyclic) bond motifs is 1. The van der Waals surface area contributed by atoms with Crippen LogP contribution >= 0.6 is 0 Å². The fraction of sp³-hybridized carbons (Fsp3) is 0.231. The third-order valence-electron chi connectivity index (χ3n) is 5.24. The van der Waals surface area contributed by atoms with Crippen LogP contribution in [0.4, 0.5) is 5.69 Å². The lowest BCUT2D eigenvalue weighted by Crippen LogP contribution is -2.12. The zero-order valence-electron chi connectivity index (χ0n) is 18.4. The molecule has 2 heterocycles. The van der Waals surface area contributed by atoms with Crippen molar-refractivity contribution in [3.05, 3.63) is 78.6 Å². The maximum atomic E-state index is 12.9. The minimum absolute atomic E-state index is 0.215. The number of carbonyl (C=O) groups excluding carboxylic acids is 1. The van der Waals surface area contributed by atoms with E-state index in [0.717, 1.165) is 41.9 Å². The Morgan fingerprint density at radius 3 is 2.66 bits per heavy atom. The van der Waals surface area contributed by atoms with Crippen molar-refractivity contribution in [1.29, 1.82) is 0 Å². The number of nitrogens with one attached hydrogen (secondary N) is 1. The molecular weight excluding hydrogens is 402 g/mol. The predicted octanol–water partition coefficient (Wildman–Crippen LogP) is 5.83. The van der Waals surface area contributed by atoms with E-state index < -0.39 is 0 Å². The molecule has 4 aromatic rings. The first-order valence-electron chi connectivity index (χ1n) is 10.8. The fourth-order valence-corrected chi connectivity index (χ4v) is 3.48. The molecule has 2 aromatic carbocycles. The van der Waals surface area contributed by atoms with E-state index in [1.165, 1.54) is 0 Å². The normalized spacial score (nSPS) is 10.8. The van der Waals surface area contributed by atoms with Gasteiger partial charge in [0.2, 0.25) is 0 Å². The Balaban J connectivity index is 1.50. The number of methoxy groups -OCH3 is 1. The van der Waals surface area contributed by atoms with Gasteiger partial charge < -0.3 is 19.2 Å². The number of rotatable bonds is 9. The van der Waals surface area contributed by atoms with Gasteiger partial charge >= 0.3 is 0 Å². The number of pyridine rings is 1. The number of unbranched alkanes of at least 4 members (excludes halogenated alkanes) is 2. The minimum atomic E-state index is -0.215. The molecule has 1 amide bonds. The molecule has 1 N–H and O–H groups in total. The summed E-state index contributed by atoms with van der Waals surface area (Å²) in [6, 6.07) is 18.7. The average Bonchev–Trinajstić information content (AvgIpc) is 3.26. The van der Waals surface area contributed by atoms with Crippen molar-refractivity contribution in [2.24, 2.45) is 0 Å². The number of hydrogen-bond donors (Lipinski definition) is 1. The molecule has 0 fully saturated rings. The predicted molar refractivity (Wildman–Crippen MR) is 127 cm³/mol. The number of benzene rings is 2. The highest BCUT2D eigenvalue weighted by molar-refractivity contribution is 6.05. The molecule has 0 saturated heterocycles. The van der Waals surface area contributed by atoms with Crippen LogP contribution in [0, 0.1) is 0 Å². The van der Waals surface area contributed by atoms with Crippen LogP contribution in [0.2, 0.25) is 0 Å². The van der Waals surface area contributed by atoms with Crippen LogP contribution in [0.15, 0.2) is 73.1 Å². The van der Waals surface area contributed by atoms with Crippen LogP contribution in [0.5, 0.6) is 11.5 Å². The lowest BCUT2D eigenvalue weighted by atomic mass is 10.1. The average molecular weight is 430 g/mol. The molecular formula is C26H27N3O3. The Bertz CT molecular complexity index is 1170. The molecule has 0 radical (unpaired) electrons. The third-order valence-corrected chi connectivity index (χ3v) is 5.24. The van der Waals surface area contributed by atoms with Crippen LogP contribution < -0.4 is 14.8 Å². The van der Waals surface area contributed by atoms with Crippen LogP contribution in [0.25, 0.3) is 16.9 Å². The molecule has 6 heteroatoms. The maximum Gasteiger partial charge on any atom is 0.255 e. The number of amides is 1. The molecule has 0 aliphatic heterocycles. The van der Waals surface area contributed by atoms with Crippen molar-refractivity contribution < 1.29 is 14.3 Å². The van der Waals surface area contributed by atoms with E-state index in [-0.39, 0.29) is 5.91 Å². The smallest absolute Gasteiger partial charge is 0.255 e. The van der Waals surface area contributed by atoms with E-state index >= 15 is 0 Å². The Hall–Kier alpha value is -3.80. The molecule has 0 atom stereocenters. The number of imidazole rings is 1. The first kappa shape index (κ1) is 21.4. The molecule has 4 rings (SSSR count). The highest BCUT2D eigenvalue weighted by Crippen LogP contribution is 2.31. The first-order chi connectivity index (χ1) is 15.7. The Labute approximate surface area is 187 Å². The monoisotopic (exact) mass is 429 g/mol. The molecule has 32 heavy (non-hydrogen) atoms. The SMILES string of the molecule is CCCCCOc1ccc(C(=O)Nc2cc(-c3cn4ccccc4n3)ccc2OC)cc1. The first-order valence-corrected chi connectivity index (χ1v) is 10.8. The summed E-state index contributed by atoms with van der Waals surface area (Å²) >= 11 is 0. The summed E-state index contributed by atoms with van der Waals surface area (Å²) in [6.07, 6.45) is 7.25. The number of nitrogens with zero attached hydrogens (tertiary/aromatic N) is 2. The summed E-state index contributed by atoms with van der Waals surface area (Å²) in [4.78, 5) is 17.5. The van der Waals surface area contributed by atoms with Crippen molar-refractivity contribution in [2.45, 2.75) is 26.2 Å². The second-order valence-electron chi connectivity index (χ2n) is 7.54. The van der Waals surface area contributed by atoms with E-state index in [1.807, 2.05) is 65.3 Å². The van der Waals surface area contributed by atoms with E-state index in [9.17, 15) is 4.79 Å². The van der Waals surface area contributed by atoms with Gasteiger partial charge in [-0.25, -0.2) is 4.98 Å². The standard InChI is InChI=1S/C26H27N3O3/c1-3-4-7-16-32-21-12-9-19(10-13-21)26(30)28-22-17-20(11-14-24(22)31-2)23-18-29-15-6-5-8-25(29)27-23/h5-6,8-15,17-18H,3-4,7,16H2,1-2H3,(H,28,30). The van der Waals surface area contributed by atoms with Crippen molar-refractivity contribution in [3.8, 4) is 22.8 Å². The van der Waals surface area contributed by atoms with Gasteiger partial charge in [0, 0.05) is 23.5 Å². The second-order valence-corrected chi connectivity index (χ2v) is 7.54. The number of carbonyl (C=O) groups is 1. The molecule has 2 aromatic heterocycles.